The highest BCUT2D eigenvalue weighted by Crippen LogP contribution is 2.05. The van der Waals surface area contributed by atoms with Crippen molar-refractivity contribution in [3.8, 4) is 0 Å². The van der Waals surface area contributed by atoms with Crippen LogP contribution in [0.5, 0.6) is 0 Å². The largest absolute Gasteiger partial charge is 0.340 e. The van der Waals surface area contributed by atoms with E-state index in [2.05, 4.69) is 31.9 Å². The first-order valence-corrected chi connectivity index (χ1v) is 6.17. The molecule has 1 aromatic carbocycles. The minimum atomic E-state index is 0.252. The number of amides is 1. The van der Waals surface area contributed by atoms with Crippen LogP contribution in [-0.2, 0) is 11.2 Å². The van der Waals surface area contributed by atoms with E-state index in [1.807, 2.05) is 17.0 Å². The molecule has 90 valence electrons. The third kappa shape index (κ3) is 3.33. The summed E-state index contributed by atoms with van der Waals surface area (Å²) in [6, 6.07) is 8.21. The van der Waals surface area contributed by atoms with Gasteiger partial charge >= 0.3 is 0 Å². The number of piperazine rings is 1. The molecule has 0 aromatic heterocycles. The Labute approximate surface area is 104 Å². The molecule has 1 fully saturated rings. The molecule has 2 rings (SSSR count). The van der Waals surface area contributed by atoms with E-state index in [1.165, 1.54) is 5.46 Å². The molecule has 1 aliphatic heterocycles. The van der Waals surface area contributed by atoms with E-state index in [0.29, 0.717) is 6.42 Å². The standard InChI is InChI=1S/C13H19BN2O/c1-15-6-8-16(9-7-15)13(17)10-11-2-4-12(14)5-3-11/h2-5H,6-10,14H2,1H3. The molecule has 1 saturated heterocycles. The van der Waals surface area contributed by atoms with Gasteiger partial charge in [-0.25, -0.2) is 0 Å². The van der Waals surface area contributed by atoms with Crippen molar-refractivity contribution in [3.63, 3.8) is 0 Å². The molecule has 1 aliphatic rings. The summed E-state index contributed by atoms with van der Waals surface area (Å²) in [5, 5.41) is 0. The van der Waals surface area contributed by atoms with Crippen LogP contribution in [0.1, 0.15) is 5.56 Å². The van der Waals surface area contributed by atoms with Crippen LogP contribution in [0, 0.1) is 0 Å². The van der Waals surface area contributed by atoms with Crippen molar-refractivity contribution in [3.05, 3.63) is 29.8 Å². The number of hydrogen-bond donors (Lipinski definition) is 0. The van der Waals surface area contributed by atoms with Gasteiger partial charge in [0.2, 0.25) is 5.91 Å². The van der Waals surface area contributed by atoms with Crippen LogP contribution < -0.4 is 5.46 Å². The molecular weight excluding hydrogens is 211 g/mol. The molecule has 1 aromatic rings. The van der Waals surface area contributed by atoms with Crippen LogP contribution in [0.2, 0.25) is 0 Å². The van der Waals surface area contributed by atoms with Gasteiger partial charge in [0.05, 0.1) is 6.42 Å². The van der Waals surface area contributed by atoms with Gasteiger partial charge in [-0.05, 0) is 12.6 Å². The Kier molecular flexibility index (Phi) is 3.84. The highest BCUT2D eigenvalue weighted by Gasteiger charge is 2.18. The van der Waals surface area contributed by atoms with Crippen molar-refractivity contribution in [2.24, 2.45) is 0 Å². The molecule has 4 heteroatoms. The van der Waals surface area contributed by atoms with Gasteiger partial charge in [-0.1, -0.05) is 29.7 Å². The number of likely N-dealkylation sites (N-methyl/N-ethyl adjacent to an activating group) is 1. The number of carbonyl (C=O) groups excluding carboxylic acids is 1. The van der Waals surface area contributed by atoms with Crippen molar-refractivity contribution >= 4 is 19.2 Å². The molecule has 0 spiro atoms. The smallest absolute Gasteiger partial charge is 0.227 e. The molecule has 1 amide bonds. The summed E-state index contributed by atoms with van der Waals surface area (Å²) < 4.78 is 0. The van der Waals surface area contributed by atoms with Crippen LogP contribution in [0.15, 0.2) is 24.3 Å². The average Bonchev–Trinajstić information content (AvgIpc) is 2.33. The first-order valence-electron chi connectivity index (χ1n) is 6.17. The fourth-order valence-corrected chi connectivity index (χ4v) is 2.05. The molecule has 0 saturated carbocycles. The molecule has 0 atom stereocenters. The third-order valence-corrected chi connectivity index (χ3v) is 3.33. The molecule has 0 aliphatic carbocycles. The third-order valence-electron chi connectivity index (χ3n) is 3.33. The summed E-state index contributed by atoms with van der Waals surface area (Å²) in [6.07, 6.45) is 0.532. The molecular formula is C13H19BN2O. The highest BCUT2D eigenvalue weighted by atomic mass is 16.2. The second-order valence-electron chi connectivity index (χ2n) is 4.85. The van der Waals surface area contributed by atoms with E-state index in [4.69, 9.17) is 0 Å². The van der Waals surface area contributed by atoms with E-state index in [0.717, 1.165) is 31.7 Å². The maximum absolute atomic E-state index is 12.1. The summed E-state index contributed by atoms with van der Waals surface area (Å²) in [7, 11) is 4.16. The van der Waals surface area contributed by atoms with E-state index in [-0.39, 0.29) is 5.91 Å². The molecule has 0 unspecified atom stereocenters. The fraction of sp³-hybridized carbons (Fsp3) is 0.462. The number of carbonyl (C=O) groups is 1. The van der Waals surface area contributed by atoms with E-state index in [1.54, 1.807) is 0 Å². The molecule has 1 heterocycles. The highest BCUT2D eigenvalue weighted by molar-refractivity contribution is 6.32. The Balaban J connectivity index is 1.90. The van der Waals surface area contributed by atoms with E-state index in [9.17, 15) is 4.79 Å². The Morgan fingerprint density at radius 2 is 1.76 bits per heavy atom. The minimum absolute atomic E-state index is 0.252. The zero-order valence-electron chi connectivity index (χ0n) is 10.6. The van der Waals surface area contributed by atoms with Crippen molar-refractivity contribution in [1.82, 2.24) is 9.80 Å². The zero-order chi connectivity index (χ0) is 12.3. The van der Waals surface area contributed by atoms with Crippen LogP contribution >= 0.6 is 0 Å². The van der Waals surface area contributed by atoms with Gasteiger partial charge in [0.15, 0.2) is 0 Å². The second kappa shape index (κ2) is 5.36. The molecule has 17 heavy (non-hydrogen) atoms. The molecule has 0 radical (unpaired) electrons. The van der Waals surface area contributed by atoms with Gasteiger partial charge in [0, 0.05) is 26.2 Å². The summed E-state index contributed by atoms with van der Waals surface area (Å²) in [5.74, 6) is 0.252. The summed E-state index contributed by atoms with van der Waals surface area (Å²) >= 11 is 0. The Hall–Kier alpha value is -1.29. The van der Waals surface area contributed by atoms with E-state index < -0.39 is 0 Å². The Morgan fingerprint density at radius 3 is 2.35 bits per heavy atom. The van der Waals surface area contributed by atoms with Gasteiger partial charge < -0.3 is 9.80 Å². The van der Waals surface area contributed by atoms with Crippen molar-refractivity contribution < 1.29 is 4.79 Å². The predicted octanol–water partition coefficient (Wildman–Crippen LogP) is -0.738. The predicted molar refractivity (Wildman–Crippen MR) is 72.4 cm³/mol. The lowest BCUT2D eigenvalue weighted by Gasteiger charge is -2.32. The van der Waals surface area contributed by atoms with Crippen LogP contribution in [0.3, 0.4) is 0 Å². The van der Waals surface area contributed by atoms with Gasteiger partial charge in [0.1, 0.15) is 7.85 Å². The van der Waals surface area contributed by atoms with Crippen molar-refractivity contribution in [2.75, 3.05) is 33.2 Å². The van der Waals surface area contributed by atoms with Gasteiger partial charge in [-0.3, -0.25) is 4.79 Å². The van der Waals surface area contributed by atoms with Crippen LogP contribution in [-0.4, -0.2) is 56.8 Å². The Morgan fingerprint density at radius 1 is 1.18 bits per heavy atom. The lowest BCUT2D eigenvalue weighted by Crippen LogP contribution is -2.47. The van der Waals surface area contributed by atoms with E-state index >= 15 is 0 Å². The lowest BCUT2D eigenvalue weighted by atomic mass is 9.95. The normalized spacial score (nSPS) is 17.1. The molecule has 0 bridgehead atoms. The number of hydrogen-bond acceptors (Lipinski definition) is 2. The van der Waals surface area contributed by atoms with Gasteiger partial charge in [-0.2, -0.15) is 0 Å². The van der Waals surface area contributed by atoms with Crippen LogP contribution in [0.4, 0.5) is 0 Å². The Bertz CT molecular complexity index is 383. The zero-order valence-corrected chi connectivity index (χ0v) is 10.6. The quantitative estimate of drug-likeness (QED) is 0.625. The summed E-state index contributed by atoms with van der Waals surface area (Å²) in [5.41, 5.74) is 2.35. The minimum Gasteiger partial charge on any atom is -0.340 e. The summed E-state index contributed by atoms with van der Waals surface area (Å²) in [6.45, 7) is 3.70. The topological polar surface area (TPSA) is 23.6 Å². The van der Waals surface area contributed by atoms with Crippen molar-refractivity contribution in [2.45, 2.75) is 6.42 Å². The van der Waals surface area contributed by atoms with Crippen molar-refractivity contribution in [1.29, 1.82) is 0 Å². The fourth-order valence-electron chi connectivity index (χ4n) is 2.05. The maximum atomic E-state index is 12.1. The monoisotopic (exact) mass is 230 g/mol. The number of nitrogens with zero attached hydrogens (tertiary/aromatic N) is 2. The number of benzene rings is 1. The number of rotatable bonds is 2. The maximum Gasteiger partial charge on any atom is 0.227 e. The summed E-state index contributed by atoms with van der Waals surface area (Å²) in [4.78, 5) is 16.3. The first-order chi connectivity index (χ1) is 8.15. The van der Waals surface area contributed by atoms with Crippen LogP contribution in [0.25, 0.3) is 0 Å². The first kappa shape index (κ1) is 12.2. The molecule has 3 nitrogen and oxygen atoms in total. The van der Waals surface area contributed by atoms with Gasteiger partial charge in [-0.15, -0.1) is 0 Å². The van der Waals surface area contributed by atoms with Gasteiger partial charge in [0.25, 0.3) is 0 Å². The molecule has 0 N–H and O–H groups in total. The lowest BCUT2D eigenvalue weighted by molar-refractivity contribution is -0.132. The SMILES string of the molecule is Bc1ccc(CC(=O)N2CCN(C)CC2)cc1. The average molecular weight is 230 g/mol. The second-order valence-corrected chi connectivity index (χ2v) is 4.85.